The molecule has 136 valence electrons. The van der Waals surface area contributed by atoms with Crippen LogP contribution in [-0.4, -0.2) is 54.1 Å². The van der Waals surface area contributed by atoms with Gasteiger partial charge in [-0.25, -0.2) is 13.0 Å². The second-order valence-corrected chi connectivity index (χ2v) is 8.47. The second-order valence-electron chi connectivity index (χ2n) is 6.16. The van der Waals surface area contributed by atoms with Crippen LogP contribution in [0, 0.1) is 0 Å². The lowest BCUT2D eigenvalue weighted by Crippen LogP contribution is -2.48. The summed E-state index contributed by atoms with van der Waals surface area (Å²) in [7, 11) is -3.64. The highest BCUT2D eigenvalue weighted by Crippen LogP contribution is 2.25. The van der Waals surface area contributed by atoms with E-state index in [9.17, 15) is 8.42 Å². The maximum absolute atomic E-state index is 13.0. The minimum Gasteiger partial charge on any atom is -0.296 e. The first-order chi connectivity index (χ1) is 12.6. The van der Waals surface area contributed by atoms with Gasteiger partial charge in [0.2, 0.25) is 10.0 Å². The number of rotatable bonds is 4. The van der Waals surface area contributed by atoms with Crippen molar-refractivity contribution in [2.45, 2.75) is 11.4 Å². The molecule has 7 nitrogen and oxygen atoms in total. The van der Waals surface area contributed by atoms with Crippen molar-refractivity contribution in [3.05, 3.63) is 53.1 Å². The van der Waals surface area contributed by atoms with Crippen LogP contribution in [0.5, 0.6) is 0 Å². The molecule has 2 aromatic carbocycles. The number of nitrogens with zero attached hydrogens (tertiary/aromatic N) is 4. The molecule has 9 heteroatoms. The number of fused-ring (bicyclic) bond motifs is 1. The van der Waals surface area contributed by atoms with Gasteiger partial charge in [0.25, 0.3) is 0 Å². The Morgan fingerprint density at radius 1 is 1.00 bits per heavy atom. The zero-order valence-corrected chi connectivity index (χ0v) is 15.4. The highest BCUT2D eigenvalue weighted by molar-refractivity contribution is 7.89. The average Bonchev–Trinajstić information content (AvgIpc) is 3.13. The van der Waals surface area contributed by atoms with Crippen molar-refractivity contribution < 1.29 is 13.0 Å². The molecule has 1 aromatic heterocycles. The van der Waals surface area contributed by atoms with Crippen molar-refractivity contribution in [3.8, 4) is 0 Å². The fourth-order valence-corrected chi connectivity index (χ4v) is 4.88. The molecule has 0 bridgehead atoms. The SMILES string of the molecule is O=S(=O)(c1cccc2nonc12)N1CCN(Cc2ccccc2Cl)CC1. The van der Waals surface area contributed by atoms with Gasteiger partial charge in [0, 0.05) is 37.7 Å². The summed E-state index contributed by atoms with van der Waals surface area (Å²) in [6.45, 7) is 2.80. The standard InChI is InChI=1S/C17H17ClN4O3S/c18-14-5-2-1-4-13(14)12-21-8-10-22(11-9-21)26(23,24)16-7-3-6-15-17(16)20-25-19-15/h1-7H,8-12H2. The van der Waals surface area contributed by atoms with Crippen molar-refractivity contribution in [1.82, 2.24) is 19.5 Å². The van der Waals surface area contributed by atoms with E-state index in [-0.39, 0.29) is 10.4 Å². The van der Waals surface area contributed by atoms with Crippen molar-refractivity contribution in [3.63, 3.8) is 0 Å². The molecule has 0 radical (unpaired) electrons. The number of hydrogen-bond acceptors (Lipinski definition) is 6. The molecule has 0 saturated carbocycles. The summed E-state index contributed by atoms with van der Waals surface area (Å²) < 4.78 is 32.2. The molecule has 1 saturated heterocycles. The van der Waals surface area contributed by atoms with Crippen LogP contribution in [-0.2, 0) is 16.6 Å². The first-order valence-corrected chi connectivity index (χ1v) is 10.0. The zero-order valence-electron chi connectivity index (χ0n) is 13.9. The second kappa shape index (κ2) is 6.96. The quantitative estimate of drug-likeness (QED) is 0.678. The fourth-order valence-electron chi connectivity index (χ4n) is 3.12. The molecule has 0 unspecified atom stereocenters. The normalized spacial score (nSPS) is 17.0. The van der Waals surface area contributed by atoms with Gasteiger partial charge in [0.15, 0.2) is 5.52 Å². The number of hydrogen-bond donors (Lipinski definition) is 0. The summed E-state index contributed by atoms with van der Waals surface area (Å²) in [5, 5.41) is 8.19. The predicted molar refractivity (Wildman–Crippen MR) is 97.3 cm³/mol. The van der Waals surface area contributed by atoms with E-state index < -0.39 is 10.0 Å². The van der Waals surface area contributed by atoms with Crippen LogP contribution in [0.2, 0.25) is 5.02 Å². The monoisotopic (exact) mass is 392 g/mol. The van der Waals surface area contributed by atoms with Gasteiger partial charge in [0.1, 0.15) is 10.4 Å². The molecule has 0 N–H and O–H groups in total. The highest BCUT2D eigenvalue weighted by atomic mass is 35.5. The summed E-state index contributed by atoms with van der Waals surface area (Å²) in [6, 6.07) is 12.6. The van der Waals surface area contributed by atoms with Crippen LogP contribution in [0.15, 0.2) is 52.0 Å². The van der Waals surface area contributed by atoms with Crippen LogP contribution in [0.25, 0.3) is 11.0 Å². The summed E-state index contributed by atoms with van der Waals surface area (Å²) >= 11 is 6.21. The summed E-state index contributed by atoms with van der Waals surface area (Å²) in [5.74, 6) is 0. The highest BCUT2D eigenvalue weighted by Gasteiger charge is 2.31. The lowest BCUT2D eigenvalue weighted by Gasteiger charge is -2.34. The third-order valence-corrected chi connectivity index (χ3v) is 6.85. The Morgan fingerprint density at radius 3 is 2.54 bits per heavy atom. The third-order valence-electron chi connectivity index (χ3n) is 4.55. The van der Waals surface area contributed by atoms with E-state index >= 15 is 0 Å². The minimum absolute atomic E-state index is 0.135. The Balaban J connectivity index is 1.49. The Morgan fingerprint density at radius 2 is 1.77 bits per heavy atom. The van der Waals surface area contributed by atoms with Gasteiger partial charge >= 0.3 is 0 Å². The first kappa shape index (κ1) is 17.4. The van der Waals surface area contributed by atoms with Crippen molar-refractivity contribution in [2.75, 3.05) is 26.2 Å². The van der Waals surface area contributed by atoms with Crippen molar-refractivity contribution in [2.24, 2.45) is 0 Å². The van der Waals surface area contributed by atoms with E-state index in [1.807, 2.05) is 24.3 Å². The lowest BCUT2D eigenvalue weighted by molar-refractivity contribution is 0.181. The van der Waals surface area contributed by atoms with Gasteiger partial charge in [-0.2, -0.15) is 4.31 Å². The Hall–Kier alpha value is -2.00. The molecule has 0 atom stereocenters. The molecule has 3 aromatic rings. The molecule has 1 aliphatic heterocycles. The predicted octanol–water partition coefficient (Wildman–Crippen LogP) is 2.38. The van der Waals surface area contributed by atoms with Gasteiger partial charge in [-0.05, 0) is 34.1 Å². The molecule has 2 heterocycles. The minimum atomic E-state index is -3.64. The number of piperazine rings is 1. The molecular weight excluding hydrogens is 376 g/mol. The Kier molecular flexibility index (Phi) is 4.66. The van der Waals surface area contributed by atoms with Crippen LogP contribution >= 0.6 is 11.6 Å². The maximum atomic E-state index is 13.0. The molecule has 26 heavy (non-hydrogen) atoms. The van der Waals surface area contributed by atoms with Crippen molar-refractivity contribution in [1.29, 1.82) is 0 Å². The number of benzene rings is 2. The van der Waals surface area contributed by atoms with Gasteiger partial charge in [-0.3, -0.25) is 4.90 Å². The molecule has 0 spiro atoms. The molecule has 1 aliphatic rings. The van der Waals surface area contributed by atoms with E-state index in [1.165, 1.54) is 10.4 Å². The largest absolute Gasteiger partial charge is 0.296 e. The van der Waals surface area contributed by atoms with Gasteiger partial charge in [-0.1, -0.05) is 35.9 Å². The third kappa shape index (κ3) is 3.21. The fraction of sp³-hybridized carbons (Fsp3) is 0.294. The van der Waals surface area contributed by atoms with Crippen LogP contribution in [0.4, 0.5) is 0 Å². The first-order valence-electron chi connectivity index (χ1n) is 8.23. The summed E-state index contributed by atoms with van der Waals surface area (Å²) in [6.07, 6.45) is 0. The van der Waals surface area contributed by atoms with Crippen LogP contribution in [0.3, 0.4) is 0 Å². The Bertz CT molecular complexity index is 1030. The smallest absolute Gasteiger partial charge is 0.245 e. The zero-order chi connectivity index (χ0) is 18.1. The summed E-state index contributed by atoms with van der Waals surface area (Å²) in [4.78, 5) is 2.33. The van der Waals surface area contributed by atoms with Crippen LogP contribution in [0.1, 0.15) is 5.56 Å². The number of halogens is 1. The molecule has 4 rings (SSSR count). The molecule has 0 aliphatic carbocycles. The van der Waals surface area contributed by atoms with Gasteiger partial charge in [-0.15, -0.1) is 0 Å². The molecular formula is C17H17ClN4O3S. The molecule has 1 fully saturated rings. The topological polar surface area (TPSA) is 79.5 Å². The lowest BCUT2D eigenvalue weighted by atomic mass is 10.2. The maximum Gasteiger partial charge on any atom is 0.245 e. The van der Waals surface area contributed by atoms with Gasteiger partial charge < -0.3 is 0 Å². The van der Waals surface area contributed by atoms with E-state index in [2.05, 4.69) is 19.8 Å². The Labute approximate surface area is 156 Å². The number of sulfonamides is 1. The van der Waals surface area contributed by atoms with E-state index in [4.69, 9.17) is 11.6 Å². The van der Waals surface area contributed by atoms with Gasteiger partial charge in [0.05, 0.1) is 0 Å². The number of aromatic nitrogens is 2. The summed E-state index contributed by atoms with van der Waals surface area (Å²) in [5.41, 5.74) is 1.75. The van der Waals surface area contributed by atoms with Crippen LogP contribution < -0.4 is 0 Å². The van der Waals surface area contributed by atoms with E-state index in [1.54, 1.807) is 12.1 Å². The average molecular weight is 393 g/mol. The molecule has 0 amide bonds. The van der Waals surface area contributed by atoms with E-state index in [0.29, 0.717) is 38.2 Å². The van der Waals surface area contributed by atoms with E-state index in [0.717, 1.165) is 10.6 Å². The van der Waals surface area contributed by atoms with Crippen molar-refractivity contribution >= 4 is 32.7 Å².